The lowest BCUT2D eigenvalue weighted by molar-refractivity contribution is 0.0600. The average molecular weight is 374 g/mol. The molecule has 0 radical (unpaired) electrons. The highest BCUT2D eigenvalue weighted by molar-refractivity contribution is 5.89. The molecule has 0 spiro atoms. The van der Waals surface area contributed by atoms with Gasteiger partial charge in [0.05, 0.1) is 36.8 Å². The normalized spacial score (nSPS) is 10.9. The SMILES string of the molecule is COC(=O)c1ccc(Cn2nc(C)c3cnn(-c4ccccc4)c3c2=O)cc1. The minimum absolute atomic E-state index is 0.223. The van der Waals surface area contributed by atoms with Gasteiger partial charge in [-0.1, -0.05) is 30.3 Å². The van der Waals surface area contributed by atoms with Gasteiger partial charge in [-0.05, 0) is 36.8 Å². The molecule has 0 fully saturated rings. The van der Waals surface area contributed by atoms with E-state index in [9.17, 15) is 9.59 Å². The highest BCUT2D eigenvalue weighted by Crippen LogP contribution is 2.17. The molecule has 0 aliphatic carbocycles. The van der Waals surface area contributed by atoms with Gasteiger partial charge < -0.3 is 4.74 Å². The van der Waals surface area contributed by atoms with E-state index in [1.807, 2.05) is 37.3 Å². The molecule has 0 unspecified atom stereocenters. The number of aromatic nitrogens is 4. The second-order valence-electron chi connectivity index (χ2n) is 6.39. The fourth-order valence-electron chi connectivity index (χ4n) is 3.13. The molecule has 4 rings (SSSR count). The number of benzene rings is 2. The molecule has 0 atom stereocenters. The smallest absolute Gasteiger partial charge is 0.337 e. The Balaban J connectivity index is 1.77. The monoisotopic (exact) mass is 374 g/mol. The number of esters is 1. The maximum absolute atomic E-state index is 13.1. The molecule has 0 saturated heterocycles. The van der Waals surface area contributed by atoms with Crippen LogP contribution in [0.1, 0.15) is 21.6 Å². The Kier molecular flexibility index (Phi) is 4.49. The molecule has 7 nitrogen and oxygen atoms in total. The van der Waals surface area contributed by atoms with E-state index in [-0.39, 0.29) is 12.1 Å². The molecule has 2 aromatic heterocycles. The summed E-state index contributed by atoms with van der Waals surface area (Å²) in [5.41, 5.74) is 3.12. The van der Waals surface area contributed by atoms with Crippen LogP contribution in [-0.2, 0) is 11.3 Å². The molecule has 0 N–H and O–H groups in total. The molecule has 140 valence electrons. The van der Waals surface area contributed by atoms with Crippen LogP contribution in [0.3, 0.4) is 0 Å². The minimum Gasteiger partial charge on any atom is -0.465 e. The number of methoxy groups -OCH3 is 1. The number of ether oxygens (including phenoxy) is 1. The molecule has 2 heterocycles. The Labute approximate surface area is 160 Å². The van der Waals surface area contributed by atoms with Crippen molar-refractivity contribution < 1.29 is 9.53 Å². The highest BCUT2D eigenvalue weighted by Gasteiger charge is 2.15. The third-order valence-corrected chi connectivity index (χ3v) is 4.57. The van der Waals surface area contributed by atoms with E-state index in [1.54, 1.807) is 35.1 Å². The molecule has 0 amide bonds. The van der Waals surface area contributed by atoms with Crippen molar-refractivity contribution in [1.82, 2.24) is 19.6 Å². The van der Waals surface area contributed by atoms with E-state index in [1.165, 1.54) is 11.8 Å². The number of fused-ring (bicyclic) bond motifs is 1. The predicted octanol–water partition coefficient (Wildman–Crippen LogP) is 2.73. The number of carbonyl (C=O) groups is 1. The molecule has 0 aliphatic heterocycles. The minimum atomic E-state index is -0.397. The van der Waals surface area contributed by atoms with Crippen molar-refractivity contribution in [2.24, 2.45) is 0 Å². The van der Waals surface area contributed by atoms with E-state index >= 15 is 0 Å². The van der Waals surface area contributed by atoms with E-state index < -0.39 is 5.97 Å². The molecular formula is C21H18N4O3. The van der Waals surface area contributed by atoms with Crippen LogP contribution in [0.5, 0.6) is 0 Å². The Morgan fingerprint density at radius 1 is 1.07 bits per heavy atom. The van der Waals surface area contributed by atoms with Crippen molar-refractivity contribution in [3.05, 3.63) is 88.0 Å². The fraction of sp³-hybridized carbons (Fsp3) is 0.143. The first kappa shape index (κ1) is 17.7. The first-order chi connectivity index (χ1) is 13.6. The summed E-state index contributed by atoms with van der Waals surface area (Å²) in [6, 6.07) is 16.4. The first-order valence-corrected chi connectivity index (χ1v) is 8.76. The second-order valence-corrected chi connectivity index (χ2v) is 6.39. The summed E-state index contributed by atoms with van der Waals surface area (Å²) in [4.78, 5) is 24.7. The lowest BCUT2D eigenvalue weighted by atomic mass is 10.1. The van der Waals surface area contributed by atoms with Crippen molar-refractivity contribution in [2.75, 3.05) is 7.11 Å². The van der Waals surface area contributed by atoms with Gasteiger partial charge in [-0.15, -0.1) is 0 Å². The van der Waals surface area contributed by atoms with Crippen LogP contribution in [-0.4, -0.2) is 32.6 Å². The summed E-state index contributed by atoms with van der Waals surface area (Å²) in [5.74, 6) is -0.397. The summed E-state index contributed by atoms with van der Waals surface area (Å²) in [7, 11) is 1.34. The Bertz CT molecular complexity index is 1210. The number of aryl methyl sites for hydroxylation is 1. The summed E-state index contributed by atoms with van der Waals surface area (Å²) >= 11 is 0. The summed E-state index contributed by atoms with van der Waals surface area (Å²) in [5, 5.41) is 9.55. The summed E-state index contributed by atoms with van der Waals surface area (Å²) in [6.45, 7) is 2.15. The molecule has 0 saturated carbocycles. The van der Waals surface area contributed by atoms with Crippen LogP contribution < -0.4 is 5.56 Å². The molecule has 0 bridgehead atoms. The van der Waals surface area contributed by atoms with Crippen molar-refractivity contribution >= 4 is 16.9 Å². The molecule has 0 aliphatic rings. The van der Waals surface area contributed by atoms with Crippen LogP contribution in [0.15, 0.2) is 65.6 Å². The zero-order valence-corrected chi connectivity index (χ0v) is 15.5. The molecule has 2 aromatic carbocycles. The van der Waals surface area contributed by atoms with Gasteiger partial charge in [-0.2, -0.15) is 10.2 Å². The Morgan fingerprint density at radius 2 is 1.79 bits per heavy atom. The zero-order valence-electron chi connectivity index (χ0n) is 15.5. The van der Waals surface area contributed by atoms with Gasteiger partial charge >= 0.3 is 5.97 Å². The van der Waals surface area contributed by atoms with Crippen molar-refractivity contribution in [2.45, 2.75) is 13.5 Å². The number of hydrogen-bond acceptors (Lipinski definition) is 5. The number of nitrogens with zero attached hydrogens (tertiary/aromatic N) is 4. The topological polar surface area (TPSA) is 79.0 Å². The molecule has 4 aromatic rings. The third kappa shape index (κ3) is 3.07. The molecular weight excluding hydrogens is 356 g/mol. The fourth-order valence-corrected chi connectivity index (χ4v) is 3.13. The number of para-hydroxylation sites is 1. The van der Waals surface area contributed by atoms with E-state index in [0.717, 1.165) is 22.3 Å². The number of carbonyl (C=O) groups excluding carboxylic acids is 1. The average Bonchev–Trinajstić information content (AvgIpc) is 3.18. The van der Waals surface area contributed by atoms with Gasteiger partial charge in [0, 0.05) is 5.39 Å². The maximum Gasteiger partial charge on any atom is 0.337 e. The Morgan fingerprint density at radius 3 is 2.46 bits per heavy atom. The number of rotatable bonds is 4. The largest absolute Gasteiger partial charge is 0.465 e. The van der Waals surface area contributed by atoms with Crippen molar-refractivity contribution in [1.29, 1.82) is 0 Å². The van der Waals surface area contributed by atoms with Gasteiger partial charge in [0.1, 0.15) is 5.52 Å². The second kappa shape index (κ2) is 7.11. The van der Waals surface area contributed by atoms with Crippen LogP contribution in [0.2, 0.25) is 0 Å². The molecule has 28 heavy (non-hydrogen) atoms. The highest BCUT2D eigenvalue weighted by atomic mass is 16.5. The predicted molar refractivity (Wildman–Crippen MR) is 105 cm³/mol. The number of hydrogen-bond donors (Lipinski definition) is 0. The van der Waals surface area contributed by atoms with Gasteiger partial charge in [0.25, 0.3) is 5.56 Å². The third-order valence-electron chi connectivity index (χ3n) is 4.57. The van der Waals surface area contributed by atoms with Crippen LogP contribution in [0.25, 0.3) is 16.6 Å². The lowest BCUT2D eigenvalue weighted by Gasteiger charge is -2.09. The van der Waals surface area contributed by atoms with Crippen LogP contribution >= 0.6 is 0 Å². The Hall–Kier alpha value is -3.74. The maximum atomic E-state index is 13.1. The van der Waals surface area contributed by atoms with E-state index in [2.05, 4.69) is 10.2 Å². The summed E-state index contributed by atoms with van der Waals surface area (Å²) < 4.78 is 7.77. The standard InChI is InChI=1S/C21H18N4O3/c1-14-18-12-22-25(17-6-4-3-5-7-17)19(18)20(26)24(23-14)13-15-8-10-16(11-9-15)21(27)28-2/h3-12H,13H2,1-2H3. The molecule has 7 heteroatoms. The quantitative estimate of drug-likeness (QED) is 0.513. The lowest BCUT2D eigenvalue weighted by Crippen LogP contribution is -2.26. The van der Waals surface area contributed by atoms with Crippen LogP contribution in [0.4, 0.5) is 0 Å². The van der Waals surface area contributed by atoms with Gasteiger partial charge in [0.15, 0.2) is 0 Å². The zero-order chi connectivity index (χ0) is 19.7. The van der Waals surface area contributed by atoms with Crippen molar-refractivity contribution in [3.8, 4) is 5.69 Å². The van der Waals surface area contributed by atoms with Crippen LogP contribution in [0, 0.1) is 6.92 Å². The summed E-state index contributed by atoms with van der Waals surface area (Å²) in [6.07, 6.45) is 1.67. The van der Waals surface area contributed by atoms with E-state index in [4.69, 9.17) is 4.74 Å². The van der Waals surface area contributed by atoms with Gasteiger partial charge in [-0.3, -0.25) is 4.79 Å². The van der Waals surface area contributed by atoms with Gasteiger partial charge in [0.2, 0.25) is 0 Å². The first-order valence-electron chi connectivity index (χ1n) is 8.76. The van der Waals surface area contributed by atoms with Crippen molar-refractivity contribution in [3.63, 3.8) is 0 Å². The van der Waals surface area contributed by atoms with Gasteiger partial charge in [-0.25, -0.2) is 14.2 Å². The van der Waals surface area contributed by atoms with E-state index in [0.29, 0.717) is 11.1 Å².